The summed E-state index contributed by atoms with van der Waals surface area (Å²) in [5.74, 6) is -4.99. The first kappa shape index (κ1) is 27.6. The molecule has 0 aliphatic carbocycles. The normalized spacial score (nSPS) is 15.6. The van der Waals surface area contributed by atoms with Crippen LogP contribution in [0, 0.1) is 11.8 Å². The Bertz CT molecular complexity index is 638. The maximum absolute atomic E-state index is 12.6. The van der Waals surface area contributed by atoms with Gasteiger partial charge in [-0.1, -0.05) is 19.4 Å². The standard InChI is InChI=1S/C21H32O9/c1-4-15(23)5-6-18(25)21(29)16(14(3)17(24)7-9-22)8-10-30-20(28)12-13(2)11-19(26)27/h9,11,14-17,23-24H,4-8,10,12H2,1-3H3,(H,26,27). The van der Waals surface area contributed by atoms with Gasteiger partial charge in [0.2, 0.25) is 5.78 Å². The molecular formula is C21H32O9. The fourth-order valence-corrected chi connectivity index (χ4v) is 2.89. The Kier molecular flexibility index (Phi) is 13.4. The number of hydrogen-bond donors (Lipinski definition) is 3. The van der Waals surface area contributed by atoms with Gasteiger partial charge >= 0.3 is 11.9 Å². The topological polar surface area (TPSA) is 155 Å². The van der Waals surface area contributed by atoms with E-state index in [4.69, 9.17) is 9.84 Å². The van der Waals surface area contributed by atoms with E-state index in [1.807, 2.05) is 0 Å². The summed E-state index contributed by atoms with van der Waals surface area (Å²) in [4.78, 5) is 57.9. The molecule has 4 unspecified atom stereocenters. The van der Waals surface area contributed by atoms with E-state index in [9.17, 15) is 34.2 Å². The number of aliphatic hydroxyl groups is 2. The van der Waals surface area contributed by atoms with Gasteiger partial charge in [0.1, 0.15) is 6.29 Å². The van der Waals surface area contributed by atoms with Crippen LogP contribution >= 0.6 is 0 Å². The Morgan fingerprint density at radius 1 is 1.10 bits per heavy atom. The molecule has 4 atom stereocenters. The second-order valence-corrected chi connectivity index (χ2v) is 7.34. The molecule has 9 heteroatoms. The molecule has 0 fully saturated rings. The van der Waals surface area contributed by atoms with Gasteiger partial charge in [-0.05, 0) is 32.1 Å². The fraction of sp³-hybridized carbons (Fsp3) is 0.667. The minimum atomic E-state index is -1.18. The number of carboxylic acid groups (broad SMARTS) is 1. The predicted molar refractivity (Wildman–Crippen MR) is 106 cm³/mol. The number of ether oxygens (including phenoxy) is 1. The number of esters is 1. The van der Waals surface area contributed by atoms with Crippen LogP contribution < -0.4 is 0 Å². The van der Waals surface area contributed by atoms with E-state index >= 15 is 0 Å². The van der Waals surface area contributed by atoms with E-state index in [-0.39, 0.29) is 38.7 Å². The maximum Gasteiger partial charge on any atom is 0.328 e. The molecule has 0 bridgehead atoms. The zero-order valence-electron chi connectivity index (χ0n) is 17.7. The maximum atomic E-state index is 12.6. The van der Waals surface area contributed by atoms with E-state index in [1.54, 1.807) is 6.92 Å². The lowest BCUT2D eigenvalue weighted by Crippen LogP contribution is -2.36. The Morgan fingerprint density at radius 3 is 2.27 bits per heavy atom. The van der Waals surface area contributed by atoms with Gasteiger partial charge in [0.25, 0.3) is 0 Å². The monoisotopic (exact) mass is 428 g/mol. The lowest BCUT2D eigenvalue weighted by atomic mass is 9.81. The molecule has 170 valence electrons. The smallest absolute Gasteiger partial charge is 0.328 e. The summed E-state index contributed by atoms with van der Waals surface area (Å²) in [6.07, 6.45) is -0.453. The highest BCUT2D eigenvalue weighted by molar-refractivity contribution is 6.38. The van der Waals surface area contributed by atoms with E-state index in [0.29, 0.717) is 18.3 Å². The lowest BCUT2D eigenvalue weighted by molar-refractivity contribution is -0.146. The minimum absolute atomic E-state index is 0.0363. The van der Waals surface area contributed by atoms with Crippen LogP contribution in [0.5, 0.6) is 0 Å². The molecule has 0 saturated heterocycles. The number of carbonyl (C=O) groups is 5. The van der Waals surface area contributed by atoms with Crippen LogP contribution in [0.3, 0.4) is 0 Å². The lowest BCUT2D eigenvalue weighted by Gasteiger charge is -2.25. The molecule has 0 spiro atoms. The van der Waals surface area contributed by atoms with Crippen molar-refractivity contribution < 1.29 is 44.0 Å². The quantitative estimate of drug-likeness (QED) is 0.142. The number of Topliss-reactive ketones (excluding diaryl/α,β-unsaturated/α-hetero) is 2. The summed E-state index contributed by atoms with van der Waals surface area (Å²) >= 11 is 0. The van der Waals surface area contributed by atoms with Crippen molar-refractivity contribution >= 4 is 29.8 Å². The van der Waals surface area contributed by atoms with Gasteiger partial charge in [-0.15, -0.1) is 0 Å². The molecule has 0 aliphatic heterocycles. The van der Waals surface area contributed by atoms with Crippen molar-refractivity contribution in [1.82, 2.24) is 0 Å². The highest BCUT2D eigenvalue weighted by Crippen LogP contribution is 2.24. The Labute approximate surface area is 176 Å². The third kappa shape index (κ3) is 11.0. The molecule has 0 aromatic heterocycles. The highest BCUT2D eigenvalue weighted by Gasteiger charge is 2.33. The van der Waals surface area contributed by atoms with E-state index in [0.717, 1.165) is 6.08 Å². The average Bonchev–Trinajstić information content (AvgIpc) is 2.67. The van der Waals surface area contributed by atoms with Gasteiger partial charge in [-0.3, -0.25) is 14.4 Å². The number of carboxylic acids is 1. The summed E-state index contributed by atoms with van der Waals surface area (Å²) in [5, 5.41) is 28.3. The number of rotatable bonds is 16. The third-order valence-corrected chi connectivity index (χ3v) is 4.85. The van der Waals surface area contributed by atoms with Gasteiger partial charge in [0.15, 0.2) is 5.78 Å². The predicted octanol–water partition coefficient (Wildman–Crippen LogP) is 1.23. The molecule has 0 saturated carbocycles. The van der Waals surface area contributed by atoms with Crippen LogP contribution in [0.1, 0.15) is 59.3 Å². The summed E-state index contributed by atoms with van der Waals surface area (Å²) in [6, 6.07) is 0. The van der Waals surface area contributed by atoms with Crippen LogP contribution in [0.4, 0.5) is 0 Å². The minimum Gasteiger partial charge on any atom is -0.478 e. The van der Waals surface area contributed by atoms with Crippen molar-refractivity contribution in [2.75, 3.05) is 6.61 Å². The third-order valence-electron chi connectivity index (χ3n) is 4.85. The van der Waals surface area contributed by atoms with Crippen molar-refractivity contribution in [3.05, 3.63) is 11.6 Å². The van der Waals surface area contributed by atoms with Gasteiger partial charge in [-0.25, -0.2) is 4.79 Å². The SMILES string of the molecule is CCC(O)CCC(=O)C(=O)C(CCOC(=O)CC(C)=CC(=O)O)C(C)C(O)CC=O. The molecule has 3 N–H and O–H groups in total. The Balaban J connectivity index is 5.03. The van der Waals surface area contributed by atoms with Crippen LogP contribution in [-0.2, 0) is 28.7 Å². The molecule has 30 heavy (non-hydrogen) atoms. The van der Waals surface area contributed by atoms with Gasteiger partial charge in [0, 0.05) is 24.8 Å². The molecule has 0 aromatic carbocycles. The molecule has 0 aliphatic rings. The molecule has 0 heterocycles. The summed E-state index contributed by atoms with van der Waals surface area (Å²) < 4.78 is 5.03. The first-order chi connectivity index (χ1) is 14.0. The number of aliphatic carboxylic acids is 1. The second kappa shape index (κ2) is 14.6. The zero-order valence-corrected chi connectivity index (χ0v) is 17.7. The largest absolute Gasteiger partial charge is 0.478 e. The highest BCUT2D eigenvalue weighted by atomic mass is 16.5. The molecule has 0 aromatic rings. The molecule has 0 amide bonds. The summed E-state index contributed by atoms with van der Waals surface area (Å²) in [6.45, 7) is 4.54. The number of carbonyl (C=O) groups excluding carboxylic acids is 4. The number of hydrogen-bond acceptors (Lipinski definition) is 8. The van der Waals surface area contributed by atoms with Crippen molar-refractivity contribution in [1.29, 1.82) is 0 Å². The summed E-state index contributed by atoms with van der Waals surface area (Å²) in [5.41, 5.74) is 0.291. The second-order valence-electron chi connectivity index (χ2n) is 7.34. The first-order valence-corrected chi connectivity index (χ1v) is 9.95. The van der Waals surface area contributed by atoms with E-state index < -0.39 is 47.5 Å². The number of aldehydes is 1. The van der Waals surface area contributed by atoms with Gasteiger partial charge < -0.3 is 24.9 Å². The van der Waals surface area contributed by atoms with Crippen molar-refractivity contribution in [2.45, 2.75) is 71.5 Å². The van der Waals surface area contributed by atoms with Gasteiger partial charge in [-0.2, -0.15) is 0 Å². The molecule has 0 radical (unpaired) electrons. The molecule has 9 nitrogen and oxygen atoms in total. The van der Waals surface area contributed by atoms with Crippen molar-refractivity contribution in [3.8, 4) is 0 Å². The number of ketones is 2. The first-order valence-electron chi connectivity index (χ1n) is 9.95. The van der Waals surface area contributed by atoms with E-state index in [2.05, 4.69) is 0 Å². The Hall–Kier alpha value is -2.39. The van der Waals surface area contributed by atoms with Crippen LogP contribution in [0.2, 0.25) is 0 Å². The van der Waals surface area contributed by atoms with Gasteiger partial charge in [0.05, 0.1) is 25.2 Å². The zero-order chi connectivity index (χ0) is 23.3. The Morgan fingerprint density at radius 2 is 1.73 bits per heavy atom. The molecular weight excluding hydrogens is 396 g/mol. The number of aliphatic hydroxyl groups excluding tert-OH is 2. The van der Waals surface area contributed by atoms with E-state index in [1.165, 1.54) is 13.8 Å². The van der Waals surface area contributed by atoms with Crippen LogP contribution in [0.15, 0.2) is 11.6 Å². The average molecular weight is 428 g/mol. The van der Waals surface area contributed by atoms with Crippen molar-refractivity contribution in [3.63, 3.8) is 0 Å². The molecule has 0 rings (SSSR count). The van der Waals surface area contributed by atoms with Crippen LogP contribution in [0.25, 0.3) is 0 Å². The summed E-state index contributed by atoms with van der Waals surface area (Å²) in [7, 11) is 0. The van der Waals surface area contributed by atoms with Crippen molar-refractivity contribution in [2.24, 2.45) is 11.8 Å². The van der Waals surface area contributed by atoms with Crippen LogP contribution in [-0.4, -0.2) is 63.9 Å². The fourth-order valence-electron chi connectivity index (χ4n) is 2.89.